The second-order valence-corrected chi connectivity index (χ2v) is 7.23. The summed E-state index contributed by atoms with van der Waals surface area (Å²) in [6.45, 7) is 7.82. The minimum absolute atomic E-state index is 0.0428. The van der Waals surface area contributed by atoms with Gasteiger partial charge < -0.3 is 10.7 Å². The molecular weight excluding hydrogens is 392 g/mol. The molecule has 0 spiro atoms. The van der Waals surface area contributed by atoms with Crippen molar-refractivity contribution in [3.8, 4) is 12.3 Å². The molecular formula is C28H36N4. The summed E-state index contributed by atoms with van der Waals surface area (Å²) in [6, 6.07) is 8.90. The molecule has 0 saturated carbocycles. The number of terminal acetylenes is 1. The molecule has 0 amide bonds. The second kappa shape index (κ2) is 15.3. The molecule has 1 aromatic heterocycles. The smallest absolute Gasteiger partial charge is 0.122 e. The Hall–Kier alpha value is -3.58. The molecule has 0 atom stereocenters. The van der Waals surface area contributed by atoms with Gasteiger partial charge in [0.2, 0.25) is 0 Å². The van der Waals surface area contributed by atoms with Crippen LogP contribution in [-0.4, -0.2) is 15.8 Å². The van der Waals surface area contributed by atoms with Gasteiger partial charge in [-0.15, -0.1) is 12.3 Å². The third-order valence-corrected chi connectivity index (χ3v) is 4.76. The van der Waals surface area contributed by atoms with E-state index in [1.165, 1.54) is 16.7 Å². The van der Waals surface area contributed by atoms with E-state index in [0.717, 1.165) is 37.2 Å². The molecule has 0 fully saturated rings. The number of H-pyrrole nitrogens is 1. The van der Waals surface area contributed by atoms with Crippen LogP contribution >= 0.6 is 0 Å². The van der Waals surface area contributed by atoms with Crippen LogP contribution in [-0.2, 0) is 19.3 Å². The molecule has 0 aliphatic rings. The van der Waals surface area contributed by atoms with Crippen molar-refractivity contribution in [2.75, 3.05) is 0 Å². The fraction of sp³-hybridized carbons (Fsp3) is 0.286. The van der Waals surface area contributed by atoms with Gasteiger partial charge in [-0.25, -0.2) is 4.98 Å². The van der Waals surface area contributed by atoms with Crippen molar-refractivity contribution in [2.45, 2.75) is 53.4 Å². The van der Waals surface area contributed by atoms with Gasteiger partial charge in [-0.2, -0.15) is 0 Å². The van der Waals surface area contributed by atoms with Crippen molar-refractivity contribution >= 4 is 11.9 Å². The molecule has 1 heterocycles. The van der Waals surface area contributed by atoms with Crippen LogP contribution in [0.25, 0.3) is 6.08 Å². The maximum atomic E-state index is 7.62. The van der Waals surface area contributed by atoms with E-state index in [0.29, 0.717) is 5.57 Å². The Morgan fingerprint density at radius 3 is 2.41 bits per heavy atom. The standard InChI is InChI=1S/C25H32N4.C3H4/c1-4-8-22(25(26)27)17-23-18-28-24(29-23)10-7-9-19(5-2)11-14-21-15-12-20(6-3)13-16-21;1-3-2/h4-5,7-9,12-13,15-18H,6,10-11,14H2,1-3H3,(H3,26,27)(H,28,29);1H,2H3/b8-4-,9-7-,19-5+,22-17+;. The average Bonchev–Trinajstić information content (AvgIpc) is 3.24. The molecule has 4 nitrogen and oxygen atoms in total. The first-order valence-electron chi connectivity index (χ1n) is 11.0. The number of aromatic amines is 1. The lowest BCUT2D eigenvalue weighted by Gasteiger charge is -2.04. The molecule has 0 aliphatic carbocycles. The van der Waals surface area contributed by atoms with Gasteiger partial charge in [-0.05, 0) is 57.2 Å². The maximum Gasteiger partial charge on any atom is 0.122 e. The second-order valence-electron chi connectivity index (χ2n) is 7.23. The Morgan fingerprint density at radius 2 is 1.84 bits per heavy atom. The van der Waals surface area contributed by atoms with Gasteiger partial charge >= 0.3 is 0 Å². The van der Waals surface area contributed by atoms with Gasteiger partial charge in [0.05, 0.1) is 11.9 Å². The number of hydrogen-bond acceptors (Lipinski definition) is 2. The zero-order chi connectivity index (χ0) is 23.8. The van der Waals surface area contributed by atoms with Gasteiger partial charge in [0.15, 0.2) is 0 Å². The van der Waals surface area contributed by atoms with Crippen LogP contribution in [0.15, 0.2) is 72.0 Å². The SMILES string of the molecule is C#CC.C/C=C\C(=C/c1cnc(C/C=C\C(=C/C)CCc2ccc(CC)cc2)[nH]1)C(=N)N. The third-order valence-electron chi connectivity index (χ3n) is 4.76. The van der Waals surface area contributed by atoms with Gasteiger partial charge in [-0.3, -0.25) is 5.41 Å². The largest absolute Gasteiger partial charge is 0.384 e. The Labute approximate surface area is 193 Å². The summed E-state index contributed by atoms with van der Waals surface area (Å²) in [4.78, 5) is 7.69. The Balaban J connectivity index is 0.00000161. The number of benzene rings is 1. The number of imidazole rings is 1. The highest BCUT2D eigenvalue weighted by Crippen LogP contribution is 2.13. The van der Waals surface area contributed by atoms with Crippen LogP contribution in [0.4, 0.5) is 0 Å². The van der Waals surface area contributed by atoms with Crippen LogP contribution in [0, 0.1) is 17.8 Å². The fourth-order valence-electron chi connectivity index (χ4n) is 2.99. The lowest BCUT2D eigenvalue weighted by Crippen LogP contribution is -2.11. The van der Waals surface area contributed by atoms with Gasteiger partial charge in [0.1, 0.15) is 11.7 Å². The molecule has 0 bridgehead atoms. The quantitative estimate of drug-likeness (QED) is 0.183. The van der Waals surface area contributed by atoms with E-state index in [-0.39, 0.29) is 5.84 Å². The normalized spacial score (nSPS) is 12.0. The van der Waals surface area contributed by atoms with Crippen LogP contribution in [0.1, 0.15) is 56.8 Å². The predicted octanol–water partition coefficient (Wildman–Crippen LogP) is 6.18. The number of aryl methyl sites for hydroxylation is 2. The zero-order valence-corrected chi connectivity index (χ0v) is 19.8. The summed E-state index contributed by atoms with van der Waals surface area (Å²) in [5, 5.41) is 7.62. The van der Waals surface area contributed by atoms with Crippen molar-refractivity contribution in [3.05, 3.63) is 94.6 Å². The van der Waals surface area contributed by atoms with E-state index >= 15 is 0 Å². The summed E-state index contributed by atoms with van der Waals surface area (Å²) in [7, 11) is 0. The molecule has 32 heavy (non-hydrogen) atoms. The highest BCUT2D eigenvalue weighted by Gasteiger charge is 2.01. The molecule has 2 rings (SSSR count). The van der Waals surface area contributed by atoms with Crippen LogP contribution in [0.3, 0.4) is 0 Å². The van der Waals surface area contributed by atoms with Gasteiger partial charge in [-0.1, -0.05) is 67.1 Å². The highest BCUT2D eigenvalue weighted by atomic mass is 14.9. The van der Waals surface area contributed by atoms with Crippen molar-refractivity contribution in [1.29, 1.82) is 5.41 Å². The summed E-state index contributed by atoms with van der Waals surface area (Å²) in [5.74, 6) is 3.18. The first-order valence-corrected chi connectivity index (χ1v) is 11.0. The van der Waals surface area contributed by atoms with Crippen molar-refractivity contribution in [3.63, 3.8) is 0 Å². The van der Waals surface area contributed by atoms with Crippen molar-refractivity contribution < 1.29 is 0 Å². The topological polar surface area (TPSA) is 78.5 Å². The summed E-state index contributed by atoms with van der Waals surface area (Å²) in [5.41, 5.74) is 11.2. The number of nitrogens with zero attached hydrogens (tertiary/aromatic N) is 1. The number of amidine groups is 1. The van der Waals surface area contributed by atoms with E-state index in [1.54, 1.807) is 13.1 Å². The molecule has 4 N–H and O–H groups in total. The maximum absolute atomic E-state index is 7.62. The van der Waals surface area contributed by atoms with E-state index in [9.17, 15) is 0 Å². The minimum atomic E-state index is 0.0428. The fourth-order valence-corrected chi connectivity index (χ4v) is 2.99. The Bertz CT molecular complexity index is 993. The highest BCUT2D eigenvalue weighted by molar-refractivity contribution is 6.01. The molecule has 0 radical (unpaired) electrons. The monoisotopic (exact) mass is 428 g/mol. The summed E-state index contributed by atoms with van der Waals surface area (Å²) < 4.78 is 0. The number of hydrogen-bond donors (Lipinski definition) is 3. The Morgan fingerprint density at radius 1 is 1.19 bits per heavy atom. The molecule has 0 aliphatic heterocycles. The van der Waals surface area contributed by atoms with Crippen LogP contribution in [0.2, 0.25) is 0 Å². The lowest BCUT2D eigenvalue weighted by molar-refractivity contribution is 0.956. The average molecular weight is 429 g/mol. The van der Waals surface area contributed by atoms with Crippen LogP contribution < -0.4 is 5.73 Å². The summed E-state index contributed by atoms with van der Waals surface area (Å²) >= 11 is 0. The molecule has 1 aromatic carbocycles. The molecule has 4 heteroatoms. The molecule has 0 saturated heterocycles. The third kappa shape index (κ3) is 9.95. The first-order chi connectivity index (χ1) is 15.5. The summed E-state index contributed by atoms with van der Waals surface area (Å²) in [6.07, 6.45) is 22.3. The van der Waals surface area contributed by atoms with Gasteiger partial charge in [0.25, 0.3) is 0 Å². The van der Waals surface area contributed by atoms with Gasteiger partial charge in [0, 0.05) is 12.0 Å². The van der Waals surface area contributed by atoms with Crippen molar-refractivity contribution in [1.82, 2.24) is 9.97 Å². The number of allylic oxidation sites excluding steroid dienone is 5. The van der Waals surface area contributed by atoms with E-state index < -0.39 is 0 Å². The van der Waals surface area contributed by atoms with Crippen LogP contribution in [0.5, 0.6) is 0 Å². The van der Waals surface area contributed by atoms with E-state index in [1.807, 2.05) is 25.2 Å². The van der Waals surface area contributed by atoms with Crippen molar-refractivity contribution in [2.24, 2.45) is 5.73 Å². The predicted molar refractivity (Wildman–Crippen MR) is 139 cm³/mol. The molecule has 2 aromatic rings. The zero-order valence-electron chi connectivity index (χ0n) is 19.8. The lowest BCUT2D eigenvalue weighted by atomic mass is 10.0. The number of nitrogens with two attached hydrogens (primary N) is 1. The number of rotatable bonds is 10. The molecule has 0 unspecified atom stereocenters. The number of aromatic nitrogens is 2. The number of nitrogens with one attached hydrogen (secondary N) is 2. The Kier molecular flexibility index (Phi) is 12.6. The molecule has 168 valence electrons. The van der Waals surface area contributed by atoms with E-state index in [4.69, 9.17) is 11.1 Å². The first kappa shape index (κ1) is 26.5. The minimum Gasteiger partial charge on any atom is -0.384 e. The van der Waals surface area contributed by atoms with E-state index in [2.05, 4.69) is 78.7 Å².